The lowest BCUT2D eigenvalue weighted by molar-refractivity contribution is -0.146. The van der Waals surface area contributed by atoms with E-state index >= 15 is 0 Å². The van der Waals surface area contributed by atoms with Gasteiger partial charge in [0.1, 0.15) is 13.2 Å². The van der Waals surface area contributed by atoms with E-state index < -0.39 is 14.6 Å². The van der Waals surface area contributed by atoms with Crippen molar-refractivity contribution >= 4 is 20.7 Å². The molecule has 0 N–H and O–H groups in total. The highest BCUT2D eigenvalue weighted by molar-refractivity contribution is 7.17. The summed E-state index contributed by atoms with van der Waals surface area (Å²) < 4.78 is 25.1. The summed E-state index contributed by atoms with van der Waals surface area (Å²) in [6.45, 7) is 0.830. The van der Waals surface area contributed by atoms with Crippen LogP contribution in [-0.2, 0) is 30.0 Å². The van der Waals surface area contributed by atoms with Crippen LogP contribution >= 0.6 is 8.69 Å². The maximum atomic E-state index is 11.9. The predicted molar refractivity (Wildman–Crippen MR) is 93.6 cm³/mol. The van der Waals surface area contributed by atoms with E-state index in [1.165, 1.54) is 12.0 Å². The van der Waals surface area contributed by atoms with Crippen LogP contribution in [0, 0.1) is 5.92 Å². The van der Waals surface area contributed by atoms with Crippen LogP contribution in [0.5, 0.6) is 0 Å². The van der Waals surface area contributed by atoms with E-state index in [0.717, 1.165) is 5.56 Å². The van der Waals surface area contributed by atoms with Crippen LogP contribution in [0.3, 0.4) is 0 Å². The zero-order valence-electron chi connectivity index (χ0n) is 14.6. The van der Waals surface area contributed by atoms with Gasteiger partial charge in [-0.05, 0) is 23.0 Å². The van der Waals surface area contributed by atoms with Gasteiger partial charge >= 0.3 is 20.7 Å². The zero-order chi connectivity index (χ0) is 18.5. The molecule has 1 aromatic rings. The molecule has 1 aromatic carbocycles. The summed E-state index contributed by atoms with van der Waals surface area (Å²) in [5.41, 5.74) is 0.934. The first kappa shape index (κ1) is 21.1. The molecule has 0 aliphatic carbocycles. The molecule has 0 aliphatic heterocycles. The number of hydrogen-bond acceptors (Lipinski definition) is 6. The number of carbonyl (C=O) groups excluding carboxylic acids is 2. The number of carbonyl (C=O) groups is 2. The topological polar surface area (TPSA) is 82.1 Å². The fraction of sp³-hybridized carbons (Fsp3) is 0.529. The number of rotatable bonds is 11. The van der Waals surface area contributed by atoms with Crippen molar-refractivity contribution in [3.05, 3.63) is 35.9 Å². The van der Waals surface area contributed by atoms with Crippen LogP contribution in [0.25, 0.3) is 0 Å². The molecule has 2 atom stereocenters. The average Bonchev–Trinajstić information content (AvgIpc) is 2.65. The van der Waals surface area contributed by atoms with E-state index in [2.05, 4.69) is 0 Å². The van der Waals surface area contributed by atoms with Crippen LogP contribution in [0.2, 0.25) is 0 Å². The lowest BCUT2D eigenvalue weighted by Gasteiger charge is -2.17. The molecule has 1 amide bonds. The van der Waals surface area contributed by atoms with Gasteiger partial charge in [0.25, 0.3) is 0 Å². The second-order valence-corrected chi connectivity index (χ2v) is 6.03. The standard InChI is InChI=1S/C17H25NO6P/c1-18(17(20)23-12-14-8-4-3-5-9-14)11-7-6-10-15(13-24-25-21)16(19)22-2/h3-5,8-9,15,25H,6-7,10-13H2,1-2H3/q+1. The third-order valence-electron chi connectivity index (χ3n) is 3.69. The number of methoxy groups -OCH3 is 1. The minimum atomic E-state index is -0.897. The molecule has 0 saturated carbocycles. The number of esters is 1. The molecule has 0 bridgehead atoms. The molecule has 2 unspecified atom stereocenters. The monoisotopic (exact) mass is 370 g/mol. The van der Waals surface area contributed by atoms with E-state index in [0.29, 0.717) is 25.8 Å². The molecule has 0 aliphatic rings. The van der Waals surface area contributed by atoms with Gasteiger partial charge < -0.3 is 14.4 Å². The highest BCUT2D eigenvalue weighted by atomic mass is 31.1. The second kappa shape index (κ2) is 12.4. The summed E-state index contributed by atoms with van der Waals surface area (Å²) in [7, 11) is 2.09. The van der Waals surface area contributed by atoms with Crippen molar-refractivity contribution < 1.29 is 28.2 Å². The molecule has 0 heterocycles. The highest BCUT2D eigenvalue weighted by Gasteiger charge is 2.21. The SMILES string of the molecule is COC(=O)C(CCCCN(C)C(=O)OCc1ccccc1)CO[PH+]=O. The first-order chi connectivity index (χ1) is 12.1. The molecule has 8 heteroatoms. The Kier molecular flexibility index (Phi) is 10.4. The average molecular weight is 370 g/mol. The molecule has 0 fully saturated rings. The van der Waals surface area contributed by atoms with Crippen molar-refractivity contribution in [1.29, 1.82) is 0 Å². The zero-order valence-corrected chi connectivity index (χ0v) is 15.6. The quantitative estimate of drug-likeness (QED) is 0.338. The third-order valence-corrected chi connectivity index (χ3v) is 3.98. The van der Waals surface area contributed by atoms with Gasteiger partial charge in [-0.3, -0.25) is 4.79 Å². The van der Waals surface area contributed by atoms with Gasteiger partial charge in [0.15, 0.2) is 0 Å². The molecule has 0 spiro atoms. The number of benzene rings is 1. The maximum Gasteiger partial charge on any atom is 0.494 e. The number of hydrogen-bond donors (Lipinski definition) is 0. The van der Waals surface area contributed by atoms with Gasteiger partial charge in [0, 0.05) is 13.6 Å². The molecule has 138 valence electrons. The summed E-state index contributed by atoms with van der Waals surface area (Å²) in [4.78, 5) is 25.0. The maximum absolute atomic E-state index is 11.9. The molecule has 25 heavy (non-hydrogen) atoms. The van der Waals surface area contributed by atoms with Crippen LogP contribution < -0.4 is 0 Å². The van der Waals surface area contributed by atoms with Crippen molar-refractivity contribution in [2.75, 3.05) is 27.3 Å². The molecular weight excluding hydrogens is 345 g/mol. The Bertz CT molecular complexity index is 539. The summed E-state index contributed by atoms with van der Waals surface area (Å²) in [5, 5.41) is 0. The van der Waals surface area contributed by atoms with E-state index in [9.17, 15) is 14.2 Å². The highest BCUT2D eigenvalue weighted by Crippen LogP contribution is 2.14. The number of unbranched alkanes of at least 4 members (excludes halogenated alkanes) is 1. The molecule has 1 rings (SSSR count). The molecule has 0 radical (unpaired) electrons. The largest absolute Gasteiger partial charge is 0.494 e. The van der Waals surface area contributed by atoms with Crippen LogP contribution in [0.1, 0.15) is 24.8 Å². The Labute approximate surface area is 149 Å². The van der Waals surface area contributed by atoms with Crippen molar-refractivity contribution in [3.63, 3.8) is 0 Å². The van der Waals surface area contributed by atoms with E-state index in [1.54, 1.807) is 7.05 Å². The van der Waals surface area contributed by atoms with Crippen molar-refractivity contribution in [3.8, 4) is 0 Å². The Hall–Kier alpha value is -1.98. The number of amides is 1. The van der Waals surface area contributed by atoms with Crippen molar-refractivity contribution in [2.45, 2.75) is 25.9 Å². The minimum absolute atomic E-state index is 0.0730. The van der Waals surface area contributed by atoms with Crippen LogP contribution in [-0.4, -0.2) is 44.3 Å². The molecule has 0 saturated heterocycles. The summed E-state index contributed by atoms with van der Waals surface area (Å²) in [6, 6.07) is 9.47. The first-order valence-electron chi connectivity index (χ1n) is 8.07. The second-order valence-electron chi connectivity index (χ2n) is 5.57. The van der Waals surface area contributed by atoms with Crippen LogP contribution in [0.4, 0.5) is 4.79 Å². The Morgan fingerprint density at radius 3 is 2.56 bits per heavy atom. The van der Waals surface area contributed by atoms with Gasteiger partial charge in [-0.2, -0.15) is 0 Å². The fourth-order valence-electron chi connectivity index (χ4n) is 2.23. The summed E-state index contributed by atoms with van der Waals surface area (Å²) in [6.07, 6.45) is 1.58. The number of ether oxygens (including phenoxy) is 2. The first-order valence-corrected chi connectivity index (χ1v) is 8.88. The minimum Gasteiger partial charge on any atom is -0.469 e. The molecule has 7 nitrogen and oxygen atoms in total. The Balaban J connectivity index is 2.25. The summed E-state index contributed by atoms with van der Waals surface area (Å²) in [5.74, 6) is -0.823. The van der Waals surface area contributed by atoms with Gasteiger partial charge in [-0.15, -0.1) is 4.52 Å². The molecule has 0 aromatic heterocycles. The fourth-order valence-corrected chi connectivity index (χ4v) is 2.50. The van der Waals surface area contributed by atoms with E-state index in [1.807, 2.05) is 30.3 Å². The smallest absolute Gasteiger partial charge is 0.469 e. The summed E-state index contributed by atoms with van der Waals surface area (Å²) >= 11 is 0. The van der Waals surface area contributed by atoms with E-state index in [4.69, 9.17) is 14.0 Å². The van der Waals surface area contributed by atoms with Gasteiger partial charge in [0.05, 0.1) is 13.0 Å². The Morgan fingerprint density at radius 1 is 1.20 bits per heavy atom. The Morgan fingerprint density at radius 2 is 1.92 bits per heavy atom. The lowest BCUT2D eigenvalue weighted by Crippen LogP contribution is -2.28. The normalized spacial score (nSPS) is 11.8. The van der Waals surface area contributed by atoms with Gasteiger partial charge in [-0.1, -0.05) is 36.8 Å². The van der Waals surface area contributed by atoms with E-state index in [-0.39, 0.29) is 25.3 Å². The molecular formula is C17H25NO6P+. The van der Waals surface area contributed by atoms with Crippen molar-refractivity contribution in [2.24, 2.45) is 5.92 Å². The van der Waals surface area contributed by atoms with Gasteiger partial charge in [-0.25, -0.2) is 4.79 Å². The van der Waals surface area contributed by atoms with Crippen molar-refractivity contribution in [1.82, 2.24) is 4.90 Å². The van der Waals surface area contributed by atoms with Gasteiger partial charge in [0.2, 0.25) is 0 Å². The number of nitrogens with zero attached hydrogens (tertiary/aromatic N) is 1. The van der Waals surface area contributed by atoms with Crippen LogP contribution in [0.15, 0.2) is 30.3 Å². The lowest BCUT2D eigenvalue weighted by atomic mass is 10.0. The third kappa shape index (κ3) is 8.61. The predicted octanol–water partition coefficient (Wildman–Crippen LogP) is 3.17.